The van der Waals surface area contributed by atoms with Crippen LogP contribution in [0.25, 0.3) is 10.2 Å². The normalized spacial score (nSPS) is 13.8. The molecule has 4 nitrogen and oxygen atoms in total. The molecule has 0 fully saturated rings. The SMILES string of the molecule is O=C(OCc1nc2ccccc2s1)c1ccccc1CSC1=NCCS1. The Balaban J connectivity index is 1.42. The van der Waals surface area contributed by atoms with Gasteiger partial charge in [0.25, 0.3) is 0 Å². The minimum Gasteiger partial charge on any atom is -0.455 e. The average Bonchev–Trinajstić information content (AvgIpc) is 3.33. The lowest BCUT2D eigenvalue weighted by molar-refractivity contribution is 0.0471. The number of rotatable bonds is 5. The summed E-state index contributed by atoms with van der Waals surface area (Å²) >= 11 is 5.01. The molecule has 0 unspecified atom stereocenters. The molecule has 0 spiro atoms. The van der Waals surface area contributed by atoms with Crippen LogP contribution in [-0.2, 0) is 17.1 Å². The first kappa shape index (κ1) is 17.6. The van der Waals surface area contributed by atoms with Gasteiger partial charge in [0.05, 0.1) is 22.3 Å². The molecular formula is C19H16N2O2S3. The molecule has 0 atom stereocenters. The Hall–Kier alpha value is -1.83. The molecule has 26 heavy (non-hydrogen) atoms. The summed E-state index contributed by atoms with van der Waals surface area (Å²) in [6.45, 7) is 1.08. The summed E-state index contributed by atoms with van der Waals surface area (Å²) in [7, 11) is 0. The van der Waals surface area contributed by atoms with Crippen LogP contribution in [-0.4, -0.2) is 27.6 Å². The first-order valence-electron chi connectivity index (χ1n) is 8.19. The maximum absolute atomic E-state index is 12.6. The van der Waals surface area contributed by atoms with E-state index in [1.807, 2.05) is 48.5 Å². The maximum atomic E-state index is 12.6. The molecule has 2 aromatic carbocycles. The van der Waals surface area contributed by atoms with E-state index in [0.717, 1.165) is 43.2 Å². The van der Waals surface area contributed by atoms with E-state index in [1.165, 1.54) is 0 Å². The number of para-hydroxylation sites is 1. The minimum absolute atomic E-state index is 0.197. The topological polar surface area (TPSA) is 51.5 Å². The van der Waals surface area contributed by atoms with Gasteiger partial charge in [0, 0.05) is 11.5 Å². The Kier molecular flexibility index (Phi) is 5.57. The summed E-state index contributed by atoms with van der Waals surface area (Å²) in [4.78, 5) is 21.5. The van der Waals surface area contributed by atoms with Crippen LogP contribution in [0.15, 0.2) is 53.5 Å². The fourth-order valence-corrected chi connectivity index (χ4v) is 5.47. The zero-order chi connectivity index (χ0) is 17.8. The number of aliphatic imine (C=N–C) groups is 1. The molecule has 0 N–H and O–H groups in total. The number of aromatic nitrogens is 1. The zero-order valence-electron chi connectivity index (χ0n) is 13.9. The van der Waals surface area contributed by atoms with Crippen molar-refractivity contribution in [3.05, 3.63) is 64.7 Å². The van der Waals surface area contributed by atoms with Gasteiger partial charge >= 0.3 is 5.97 Å². The summed E-state index contributed by atoms with van der Waals surface area (Å²) in [5.41, 5.74) is 2.53. The van der Waals surface area contributed by atoms with Crippen molar-refractivity contribution in [3.8, 4) is 0 Å². The van der Waals surface area contributed by atoms with Gasteiger partial charge in [-0.2, -0.15) is 0 Å². The molecule has 0 aliphatic carbocycles. The Bertz CT molecular complexity index is 935. The van der Waals surface area contributed by atoms with Gasteiger partial charge in [0.1, 0.15) is 16.0 Å². The predicted octanol–water partition coefficient (Wildman–Crippen LogP) is 4.99. The molecule has 0 radical (unpaired) electrons. The van der Waals surface area contributed by atoms with Crippen LogP contribution in [0.2, 0.25) is 0 Å². The predicted molar refractivity (Wildman–Crippen MR) is 111 cm³/mol. The van der Waals surface area contributed by atoms with Crippen molar-refractivity contribution in [2.45, 2.75) is 12.4 Å². The van der Waals surface area contributed by atoms with Gasteiger partial charge in [-0.15, -0.1) is 11.3 Å². The van der Waals surface area contributed by atoms with Crippen molar-refractivity contribution in [1.82, 2.24) is 4.98 Å². The van der Waals surface area contributed by atoms with Gasteiger partial charge < -0.3 is 4.74 Å². The number of benzene rings is 2. The first-order valence-corrected chi connectivity index (χ1v) is 11.0. The average molecular weight is 401 g/mol. The Morgan fingerprint density at radius 2 is 2.00 bits per heavy atom. The van der Waals surface area contributed by atoms with E-state index in [-0.39, 0.29) is 12.6 Å². The van der Waals surface area contributed by atoms with E-state index < -0.39 is 0 Å². The van der Waals surface area contributed by atoms with Gasteiger partial charge in [-0.05, 0) is 23.8 Å². The highest BCUT2D eigenvalue weighted by Gasteiger charge is 2.15. The van der Waals surface area contributed by atoms with Crippen LogP contribution in [0.1, 0.15) is 20.9 Å². The number of hydrogen-bond acceptors (Lipinski definition) is 7. The van der Waals surface area contributed by atoms with Crippen LogP contribution >= 0.6 is 34.9 Å². The quantitative estimate of drug-likeness (QED) is 0.565. The number of carbonyl (C=O) groups is 1. The number of esters is 1. The fourth-order valence-electron chi connectivity index (χ4n) is 2.57. The smallest absolute Gasteiger partial charge is 0.338 e. The van der Waals surface area contributed by atoms with Crippen molar-refractivity contribution in [1.29, 1.82) is 0 Å². The highest BCUT2D eigenvalue weighted by molar-refractivity contribution is 8.38. The summed E-state index contributed by atoms with van der Waals surface area (Å²) < 4.78 is 7.72. The molecule has 0 bridgehead atoms. The monoisotopic (exact) mass is 400 g/mol. The molecule has 7 heteroatoms. The number of fused-ring (bicyclic) bond motifs is 1. The minimum atomic E-state index is -0.304. The number of thioether (sulfide) groups is 2. The number of nitrogens with zero attached hydrogens (tertiary/aromatic N) is 2. The van der Waals surface area contributed by atoms with E-state index in [0.29, 0.717) is 5.56 Å². The lowest BCUT2D eigenvalue weighted by Crippen LogP contribution is -2.08. The summed E-state index contributed by atoms with van der Waals surface area (Å²) in [5, 5.41) is 0.808. The third-order valence-electron chi connectivity index (χ3n) is 3.81. The summed E-state index contributed by atoms with van der Waals surface area (Å²) in [5.74, 6) is 1.47. The second-order valence-electron chi connectivity index (χ2n) is 5.59. The molecule has 0 saturated heterocycles. The third kappa shape index (κ3) is 4.11. The van der Waals surface area contributed by atoms with Crippen molar-refractivity contribution >= 4 is 55.4 Å². The Labute approximate surface area is 164 Å². The number of thiazole rings is 1. The number of carbonyl (C=O) groups excluding carboxylic acids is 1. The van der Waals surface area contributed by atoms with Gasteiger partial charge in [-0.25, -0.2) is 9.78 Å². The number of hydrogen-bond donors (Lipinski definition) is 0. The van der Waals surface area contributed by atoms with Crippen molar-refractivity contribution < 1.29 is 9.53 Å². The van der Waals surface area contributed by atoms with Gasteiger partial charge in [0.2, 0.25) is 0 Å². The van der Waals surface area contributed by atoms with E-state index >= 15 is 0 Å². The standard InChI is InChI=1S/C19H16N2O2S3/c22-18(23-11-17-21-15-7-3-4-8-16(15)26-17)14-6-2-1-5-13(14)12-25-19-20-9-10-24-19/h1-8H,9-12H2. The molecular weight excluding hydrogens is 384 g/mol. The Morgan fingerprint density at radius 3 is 2.85 bits per heavy atom. The van der Waals surface area contributed by atoms with Crippen LogP contribution in [0.3, 0.4) is 0 Å². The first-order chi connectivity index (χ1) is 12.8. The molecule has 0 saturated carbocycles. The largest absolute Gasteiger partial charge is 0.455 e. The second kappa shape index (κ2) is 8.24. The molecule has 1 aliphatic rings. The molecule has 0 amide bonds. The highest BCUT2D eigenvalue weighted by atomic mass is 32.2. The van der Waals surface area contributed by atoms with Gasteiger partial charge in [-0.3, -0.25) is 4.99 Å². The van der Waals surface area contributed by atoms with Crippen LogP contribution in [0, 0.1) is 0 Å². The van der Waals surface area contributed by atoms with Crippen LogP contribution in [0.5, 0.6) is 0 Å². The number of ether oxygens (including phenoxy) is 1. The molecule has 1 aliphatic heterocycles. The zero-order valence-corrected chi connectivity index (χ0v) is 16.3. The van der Waals surface area contributed by atoms with E-state index in [2.05, 4.69) is 9.98 Å². The lowest BCUT2D eigenvalue weighted by Gasteiger charge is -2.08. The molecule has 3 aromatic rings. The molecule has 132 valence electrons. The fraction of sp³-hybridized carbons (Fsp3) is 0.211. The highest BCUT2D eigenvalue weighted by Crippen LogP contribution is 2.27. The van der Waals surface area contributed by atoms with Gasteiger partial charge in [0.15, 0.2) is 0 Å². The van der Waals surface area contributed by atoms with E-state index in [4.69, 9.17) is 4.74 Å². The van der Waals surface area contributed by atoms with Crippen molar-refractivity contribution in [2.75, 3.05) is 12.3 Å². The lowest BCUT2D eigenvalue weighted by atomic mass is 10.1. The Morgan fingerprint density at radius 1 is 1.15 bits per heavy atom. The summed E-state index contributed by atoms with van der Waals surface area (Å²) in [6.07, 6.45) is 0. The third-order valence-corrected chi connectivity index (χ3v) is 7.12. The van der Waals surface area contributed by atoms with Gasteiger partial charge in [-0.1, -0.05) is 53.9 Å². The van der Waals surface area contributed by atoms with Crippen molar-refractivity contribution in [2.24, 2.45) is 4.99 Å². The van der Waals surface area contributed by atoms with Crippen molar-refractivity contribution in [3.63, 3.8) is 0 Å². The van der Waals surface area contributed by atoms with E-state index in [9.17, 15) is 4.79 Å². The van der Waals surface area contributed by atoms with Crippen LogP contribution < -0.4 is 0 Å². The van der Waals surface area contributed by atoms with Crippen LogP contribution in [0.4, 0.5) is 0 Å². The van der Waals surface area contributed by atoms with E-state index in [1.54, 1.807) is 34.9 Å². The molecule has 2 heterocycles. The second-order valence-corrected chi connectivity index (χ2v) is 9.01. The maximum Gasteiger partial charge on any atom is 0.338 e. The summed E-state index contributed by atoms with van der Waals surface area (Å²) in [6, 6.07) is 15.5. The molecule has 4 rings (SSSR count). The molecule has 1 aromatic heterocycles.